The van der Waals surface area contributed by atoms with Crippen LogP contribution in [0.15, 0.2) is 5.38 Å². The maximum absolute atomic E-state index is 12.4. The van der Waals surface area contributed by atoms with Gasteiger partial charge in [-0.3, -0.25) is 4.79 Å². The molecule has 0 aliphatic carbocycles. The second kappa shape index (κ2) is 9.79. The lowest BCUT2D eigenvalue weighted by Gasteiger charge is -2.28. The number of rotatable bonds is 4. The standard InChI is InChI=1S/C15H24N4OS.2ClH/c16-8-14-17-13(11-21-14)15(20)19-7-4-12(10-19)9-18-5-2-1-3-6-18;;/h11-12H,1-10,16H2;2*1H. The Hall–Kier alpha value is -0.400. The van der Waals surface area contributed by atoms with Gasteiger partial charge in [0.2, 0.25) is 0 Å². The van der Waals surface area contributed by atoms with Crippen molar-refractivity contribution < 1.29 is 4.79 Å². The number of nitrogens with zero attached hydrogens (tertiary/aromatic N) is 3. The van der Waals surface area contributed by atoms with Gasteiger partial charge in [0.15, 0.2) is 0 Å². The molecule has 0 saturated carbocycles. The molecule has 132 valence electrons. The Morgan fingerprint density at radius 3 is 2.65 bits per heavy atom. The summed E-state index contributed by atoms with van der Waals surface area (Å²) in [6, 6.07) is 0. The molecule has 23 heavy (non-hydrogen) atoms. The number of piperidine rings is 1. The third kappa shape index (κ3) is 5.29. The van der Waals surface area contributed by atoms with Crippen LogP contribution in [0.25, 0.3) is 0 Å². The molecule has 0 bridgehead atoms. The predicted octanol–water partition coefficient (Wildman–Crippen LogP) is 2.39. The number of likely N-dealkylation sites (tertiary alicyclic amines) is 2. The fraction of sp³-hybridized carbons (Fsp3) is 0.733. The summed E-state index contributed by atoms with van der Waals surface area (Å²) in [5.41, 5.74) is 6.13. The quantitative estimate of drug-likeness (QED) is 0.870. The molecular formula is C15H26Cl2N4OS. The van der Waals surface area contributed by atoms with Gasteiger partial charge < -0.3 is 15.5 Å². The van der Waals surface area contributed by atoms with Crippen LogP contribution >= 0.6 is 36.2 Å². The molecule has 1 aromatic heterocycles. The summed E-state index contributed by atoms with van der Waals surface area (Å²) in [7, 11) is 0. The van der Waals surface area contributed by atoms with E-state index in [0.29, 0.717) is 18.2 Å². The first-order valence-electron chi connectivity index (χ1n) is 7.92. The van der Waals surface area contributed by atoms with Crippen LogP contribution < -0.4 is 5.73 Å². The molecule has 2 N–H and O–H groups in total. The zero-order valence-corrected chi connectivity index (χ0v) is 15.7. The fourth-order valence-corrected chi connectivity index (χ4v) is 3.99. The number of carbonyl (C=O) groups is 1. The smallest absolute Gasteiger partial charge is 0.273 e. The number of thiazole rings is 1. The van der Waals surface area contributed by atoms with E-state index in [1.54, 1.807) is 0 Å². The third-order valence-corrected chi connectivity index (χ3v) is 5.35. The highest BCUT2D eigenvalue weighted by atomic mass is 35.5. The molecule has 1 unspecified atom stereocenters. The van der Waals surface area contributed by atoms with Crippen molar-refractivity contribution >= 4 is 42.1 Å². The van der Waals surface area contributed by atoms with Crippen molar-refractivity contribution in [1.29, 1.82) is 0 Å². The average Bonchev–Trinajstić information content (AvgIpc) is 3.16. The summed E-state index contributed by atoms with van der Waals surface area (Å²) in [5.74, 6) is 0.701. The molecule has 8 heteroatoms. The topological polar surface area (TPSA) is 62.5 Å². The second-order valence-electron chi connectivity index (χ2n) is 6.10. The van der Waals surface area contributed by atoms with Gasteiger partial charge in [0.1, 0.15) is 10.7 Å². The van der Waals surface area contributed by atoms with E-state index in [-0.39, 0.29) is 30.7 Å². The van der Waals surface area contributed by atoms with Gasteiger partial charge in [-0.2, -0.15) is 0 Å². The highest BCUT2D eigenvalue weighted by Crippen LogP contribution is 2.22. The van der Waals surface area contributed by atoms with E-state index in [1.807, 2.05) is 10.3 Å². The van der Waals surface area contributed by atoms with Gasteiger partial charge in [-0.25, -0.2) is 4.98 Å². The zero-order chi connectivity index (χ0) is 14.7. The first-order chi connectivity index (χ1) is 10.3. The van der Waals surface area contributed by atoms with E-state index in [1.165, 1.54) is 43.7 Å². The number of nitrogens with two attached hydrogens (primary N) is 1. The van der Waals surface area contributed by atoms with Crippen molar-refractivity contribution in [3.05, 3.63) is 16.1 Å². The minimum atomic E-state index is 0. The first-order valence-corrected chi connectivity index (χ1v) is 8.80. The normalized spacial score (nSPS) is 21.6. The Morgan fingerprint density at radius 1 is 1.26 bits per heavy atom. The number of carbonyl (C=O) groups excluding carboxylic acids is 1. The highest BCUT2D eigenvalue weighted by molar-refractivity contribution is 7.09. The van der Waals surface area contributed by atoms with Crippen LogP contribution in [0.3, 0.4) is 0 Å². The van der Waals surface area contributed by atoms with Gasteiger partial charge in [-0.1, -0.05) is 6.42 Å². The van der Waals surface area contributed by atoms with Gasteiger partial charge >= 0.3 is 0 Å². The van der Waals surface area contributed by atoms with Gasteiger partial charge in [-0.15, -0.1) is 36.2 Å². The Bertz CT molecular complexity index is 494. The van der Waals surface area contributed by atoms with Gasteiger partial charge in [0, 0.05) is 31.6 Å². The molecule has 1 amide bonds. The Kier molecular flexibility index (Phi) is 8.79. The third-order valence-electron chi connectivity index (χ3n) is 4.48. The van der Waals surface area contributed by atoms with Gasteiger partial charge in [0.25, 0.3) is 5.91 Å². The Morgan fingerprint density at radius 2 is 2.00 bits per heavy atom. The fourth-order valence-electron chi connectivity index (χ4n) is 3.34. The van der Waals surface area contributed by atoms with Gasteiger partial charge in [0.05, 0.1) is 0 Å². The SMILES string of the molecule is Cl.Cl.NCc1nc(C(=O)N2CCC(CN3CCCCC3)C2)cs1. The minimum Gasteiger partial charge on any atom is -0.337 e. The summed E-state index contributed by atoms with van der Waals surface area (Å²) < 4.78 is 0. The second-order valence-corrected chi connectivity index (χ2v) is 7.04. The van der Waals surface area contributed by atoms with Crippen LogP contribution in [0.4, 0.5) is 0 Å². The summed E-state index contributed by atoms with van der Waals surface area (Å²) in [6.07, 6.45) is 5.15. The molecular weight excluding hydrogens is 355 g/mol. The van der Waals surface area contributed by atoms with Crippen LogP contribution in [0.1, 0.15) is 41.2 Å². The average molecular weight is 381 g/mol. The number of amides is 1. The molecule has 1 atom stereocenters. The van der Waals surface area contributed by atoms with E-state index in [2.05, 4.69) is 9.88 Å². The summed E-state index contributed by atoms with van der Waals surface area (Å²) in [5, 5.41) is 2.67. The maximum Gasteiger partial charge on any atom is 0.273 e. The number of hydrogen-bond acceptors (Lipinski definition) is 5. The summed E-state index contributed by atoms with van der Waals surface area (Å²) >= 11 is 1.47. The van der Waals surface area contributed by atoms with Crippen LogP contribution in [0.5, 0.6) is 0 Å². The number of halogens is 2. The van der Waals surface area contributed by atoms with E-state index < -0.39 is 0 Å². The molecule has 5 nitrogen and oxygen atoms in total. The van der Waals surface area contributed by atoms with Crippen LogP contribution in [0, 0.1) is 5.92 Å². The molecule has 0 aromatic carbocycles. The molecule has 3 rings (SSSR count). The van der Waals surface area contributed by atoms with Crippen LogP contribution in [-0.4, -0.2) is 53.4 Å². The molecule has 2 aliphatic heterocycles. The first kappa shape index (κ1) is 20.6. The summed E-state index contributed by atoms with van der Waals surface area (Å²) in [6.45, 7) is 5.77. The molecule has 0 radical (unpaired) electrons. The van der Waals surface area contributed by atoms with Gasteiger partial charge in [-0.05, 0) is 38.3 Å². The molecule has 2 fully saturated rings. The van der Waals surface area contributed by atoms with Crippen molar-refractivity contribution in [2.24, 2.45) is 11.7 Å². The highest BCUT2D eigenvalue weighted by Gasteiger charge is 2.29. The van der Waals surface area contributed by atoms with Crippen molar-refractivity contribution in [2.75, 3.05) is 32.7 Å². The van der Waals surface area contributed by atoms with Crippen molar-refractivity contribution in [2.45, 2.75) is 32.2 Å². The van der Waals surface area contributed by atoms with Crippen LogP contribution in [-0.2, 0) is 6.54 Å². The minimum absolute atomic E-state index is 0. The maximum atomic E-state index is 12.4. The lowest BCUT2D eigenvalue weighted by Crippen LogP contribution is -2.36. The molecule has 2 aliphatic rings. The zero-order valence-electron chi connectivity index (χ0n) is 13.3. The van der Waals surface area contributed by atoms with E-state index >= 15 is 0 Å². The molecule has 3 heterocycles. The molecule has 1 aromatic rings. The largest absolute Gasteiger partial charge is 0.337 e. The molecule has 2 saturated heterocycles. The Labute approximate surface area is 154 Å². The lowest BCUT2D eigenvalue weighted by atomic mass is 10.1. The van der Waals surface area contributed by atoms with E-state index in [0.717, 1.165) is 31.1 Å². The molecule has 0 spiro atoms. The van der Waals surface area contributed by atoms with Crippen LogP contribution in [0.2, 0.25) is 0 Å². The number of aromatic nitrogens is 1. The Balaban J connectivity index is 0.00000132. The van der Waals surface area contributed by atoms with Crippen molar-refractivity contribution in [3.8, 4) is 0 Å². The number of hydrogen-bond donors (Lipinski definition) is 1. The van der Waals surface area contributed by atoms with E-state index in [4.69, 9.17) is 5.73 Å². The van der Waals surface area contributed by atoms with E-state index in [9.17, 15) is 4.79 Å². The summed E-state index contributed by atoms with van der Waals surface area (Å²) in [4.78, 5) is 21.3. The predicted molar refractivity (Wildman–Crippen MR) is 98.8 cm³/mol. The van der Waals surface area contributed by atoms with Crippen molar-refractivity contribution in [1.82, 2.24) is 14.8 Å². The lowest BCUT2D eigenvalue weighted by molar-refractivity contribution is 0.0777. The van der Waals surface area contributed by atoms with Crippen molar-refractivity contribution in [3.63, 3.8) is 0 Å². The monoisotopic (exact) mass is 380 g/mol.